The third-order valence-electron chi connectivity index (χ3n) is 1.57. The van der Waals surface area contributed by atoms with Gasteiger partial charge in [0.2, 0.25) is 0 Å². The number of fused-ring (bicyclic) bond motifs is 1. The van der Waals surface area contributed by atoms with Crippen LogP contribution in [-0.2, 0) is 0 Å². The highest BCUT2D eigenvalue weighted by atomic mass is 79.9. The van der Waals surface area contributed by atoms with Gasteiger partial charge in [-0.05, 0) is 22.0 Å². The Balaban J connectivity index is 2.26. The topological polar surface area (TPSA) is 36.8 Å². The van der Waals surface area contributed by atoms with E-state index in [1.165, 1.54) is 0 Å². The largest absolute Gasteiger partial charge is 0.301 e. The predicted molar refractivity (Wildman–Crippen MR) is 44.4 cm³/mol. The highest BCUT2D eigenvalue weighted by Gasteiger charge is 2.22. The van der Waals surface area contributed by atoms with Crippen molar-refractivity contribution >= 4 is 28.4 Å². The fourth-order valence-electron chi connectivity index (χ4n) is 1.03. The summed E-state index contributed by atoms with van der Waals surface area (Å²) < 4.78 is 0.893. The first-order valence-electron chi connectivity index (χ1n) is 3.06. The molecule has 2 heterocycles. The van der Waals surface area contributed by atoms with Crippen LogP contribution in [0.2, 0.25) is 0 Å². The summed E-state index contributed by atoms with van der Waals surface area (Å²) in [6, 6.07) is 0.279. The van der Waals surface area contributed by atoms with Crippen molar-refractivity contribution in [3.8, 4) is 0 Å². The molecular weight excluding hydrogens is 194 g/mol. The van der Waals surface area contributed by atoms with Crippen LogP contribution in [0, 0.1) is 5.92 Å². The molecule has 0 spiro atoms. The lowest BCUT2D eigenvalue weighted by molar-refractivity contribution is 0.660. The van der Waals surface area contributed by atoms with E-state index in [1.807, 2.05) is 18.5 Å². The van der Waals surface area contributed by atoms with Gasteiger partial charge in [-0.25, -0.2) is 0 Å². The number of hydrogen-bond donors (Lipinski definition) is 1. The first kappa shape index (κ1) is 6.09. The average molecular weight is 200 g/mol. The van der Waals surface area contributed by atoms with E-state index in [4.69, 9.17) is 0 Å². The number of hydrazone groups is 1. The molecule has 2 atom stereocenters. The predicted octanol–water partition coefficient (Wildman–Crippen LogP) is 0.881. The van der Waals surface area contributed by atoms with E-state index in [1.54, 1.807) is 0 Å². The van der Waals surface area contributed by atoms with Crippen LogP contribution in [0.3, 0.4) is 0 Å². The van der Waals surface area contributed by atoms with Gasteiger partial charge in [0.25, 0.3) is 0 Å². The zero-order chi connectivity index (χ0) is 6.97. The fraction of sp³-hybridized carbons (Fsp3) is 0.333. The summed E-state index contributed by atoms with van der Waals surface area (Å²) >= 11 is 3.30. The Morgan fingerprint density at radius 1 is 1.50 bits per heavy atom. The molecule has 0 amide bonds. The van der Waals surface area contributed by atoms with Crippen molar-refractivity contribution in [1.82, 2.24) is 5.43 Å². The Hall–Kier alpha value is -0.640. The Labute approximate surface area is 67.0 Å². The van der Waals surface area contributed by atoms with Crippen LogP contribution in [0.1, 0.15) is 0 Å². The molecule has 4 heteroatoms. The van der Waals surface area contributed by atoms with Gasteiger partial charge >= 0.3 is 0 Å². The van der Waals surface area contributed by atoms with E-state index >= 15 is 0 Å². The van der Waals surface area contributed by atoms with E-state index in [2.05, 4.69) is 31.4 Å². The molecule has 2 aliphatic rings. The summed E-state index contributed by atoms with van der Waals surface area (Å²) in [5.74, 6) is 0.381. The molecule has 10 heavy (non-hydrogen) atoms. The van der Waals surface area contributed by atoms with Crippen molar-refractivity contribution < 1.29 is 0 Å². The molecule has 0 aliphatic carbocycles. The minimum atomic E-state index is 0.279. The Bertz CT molecular complexity index is 231. The van der Waals surface area contributed by atoms with Crippen LogP contribution in [0.25, 0.3) is 0 Å². The number of hydrogen-bond acceptors (Lipinski definition) is 3. The summed E-state index contributed by atoms with van der Waals surface area (Å²) in [7, 11) is 0. The van der Waals surface area contributed by atoms with Gasteiger partial charge in [-0.15, -0.1) is 0 Å². The highest BCUT2D eigenvalue weighted by molar-refractivity contribution is 9.11. The van der Waals surface area contributed by atoms with Crippen molar-refractivity contribution in [1.29, 1.82) is 0 Å². The molecule has 0 aromatic carbocycles. The molecule has 0 aromatic rings. The van der Waals surface area contributed by atoms with Gasteiger partial charge in [-0.1, -0.05) is 0 Å². The van der Waals surface area contributed by atoms with Crippen LogP contribution in [0.4, 0.5) is 0 Å². The summed E-state index contributed by atoms with van der Waals surface area (Å²) in [5.41, 5.74) is 2.93. The van der Waals surface area contributed by atoms with Gasteiger partial charge in [0, 0.05) is 18.3 Å². The number of nitrogens with one attached hydrogen (secondary N) is 1. The highest BCUT2D eigenvalue weighted by Crippen LogP contribution is 2.19. The molecule has 2 rings (SSSR count). The maximum Gasteiger partial charge on any atom is 0.102 e. The summed E-state index contributed by atoms with van der Waals surface area (Å²) in [4.78, 5) is 4.08. The van der Waals surface area contributed by atoms with Gasteiger partial charge in [-0.3, -0.25) is 4.99 Å². The van der Waals surface area contributed by atoms with Gasteiger partial charge in [-0.2, -0.15) is 5.10 Å². The molecule has 0 bridgehead atoms. The molecule has 0 saturated heterocycles. The quantitative estimate of drug-likeness (QED) is 0.579. The van der Waals surface area contributed by atoms with Crippen LogP contribution in [0.5, 0.6) is 0 Å². The lowest BCUT2D eigenvalue weighted by Gasteiger charge is -2.13. The first-order valence-corrected chi connectivity index (χ1v) is 3.86. The molecule has 0 saturated carbocycles. The van der Waals surface area contributed by atoms with E-state index in [0.29, 0.717) is 5.92 Å². The van der Waals surface area contributed by atoms with Crippen LogP contribution < -0.4 is 5.43 Å². The maximum absolute atomic E-state index is 4.08. The third-order valence-corrected chi connectivity index (χ3v) is 2.04. The van der Waals surface area contributed by atoms with Gasteiger partial charge in [0.1, 0.15) is 4.61 Å². The van der Waals surface area contributed by atoms with Crippen LogP contribution in [-0.4, -0.2) is 18.5 Å². The summed E-state index contributed by atoms with van der Waals surface area (Å²) in [6.07, 6.45) is 5.78. The number of aliphatic imine (C=N–C) groups is 1. The second-order valence-corrected chi connectivity index (χ2v) is 3.09. The molecule has 52 valence electrons. The van der Waals surface area contributed by atoms with Crippen molar-refractivity contribution in [3.63, 3.8) is 0 Å². The van der Waals surface area contributed by atoms with E-state index in [9.17, 15) is 0 Å². The lowest BCUT2D eigenvalue weighted by atomic mass is 10.0. The fourth-order valence-corrected chi connectivity index (χ4v) is 1.45. The normalized spacial score (nSPS) is 35.1. The number of halogens is 1. The Kier molecular flexibility index (Phi) is 1.34. The molecule has 1 N–H and O–H groups in total. The maximum atomic E-state index is 4.08. The van der Waals surface area contributed by atoms with Crippen LogP contribution >= 0.6 is 15.9 Å². The second kappa shape index (κ2) is 2.20. The molecule has 0 fully saturated rings. The molecule has 2 unspecified atom stereocenters. The molecule has 2 aliphatic heterocycles. The average Bonchev–Trinajstić information content (AvgIpc) is 2.33. The number of rotatable bonds is 0. The van der Waals surface area contributed by atoms with Crippen molar-refractivity contribution in [2.24, 2.45) is 16.0 Å². The lowest BCUT2D eigenvalue weighted by Crippen LogP contribution is -2.29. The SMILES string of the molecule is BrC1=CC2C=NNC2C=N1. The zero-order valence-corrected chi connectivity index (χ0v) is 6.75. The molecule has 3 nitrogen and oxygen atoms in total. The number of nitrogens with zero attached hydrogens (tertiary/aromatic N) is 2. The Morgan fingerprint density at radius 2 is 2.40 bits per heavy atom. The third kappa shape index (κ3) is 0.883. The molecule has 0 aromatic heterocycles. The monoisotopic (exact) mass is 199 g/mol. The smallest absolute Gasteiger partial charge is 0.102 e. The Morgan fingerprint density at radius 3 is 3.30 bits per heavy atom. The van der Waals surface area contributed by atoms with E-state index in [0.717, 1.165) is 4.61 Å². The van der Waals surface area contributed by atoms with Gasteiger partial charge in [0.15, 0.2) is 0 Å². The minimum absolute atomic E-state index is 0.279. The van der Waals surface area contributed by atoms with Crippen LogP contribution in [0.15, 0.2) is 20.8 Å². The molecular formula is C6H6BrN3. The van der Waals surface area contributed by atoms with Crippen molar-refractivity contribution in [2.75, 3.05) is 0 Å². The summed E-state index contributed by atoms with van der Waals surface area (Å²) in [5, 5.41) is 3.93. The standard InChI is InChI=1S/C6H6BrN3/c7-6-1-4-2-9-10-5(4)3-8-6/h1-5,10H. The van der Waals surface area contributed by atoms with E-state index < -0.39 is 0 Å². The van der Waals surface area contributed by atoms with Crippen molar-refractivity contribution in [2.45, 2.75) is 6.04 Å². The minimum Gasteiger partial charge on any atom is -0.301 e. The van der Waals surface area contributed by atoms with Gasteiger partial charge < -0.3 is 5.43 Å². The van der Waals surface area contributed by atoms with Crippen molar-refractivity contribution in [3.05, 3.63) is 10.7 Å². The second-order valence-electron chi connectivity index (χ2n) is 2.28. The first-order chi connectivity index (χ1) is 4.86. The van der Waals surface area contributed by atoms with Gasteiger partial charge in [0.05, 0.1) is 6.04 Å². The zero-order valence-electron chi connectivity index (χ0n) is 5.16. The van der Waals surface area contributed by atoms with E-state index in [-0.39, 0.29) is 6.04 Å². The summed E-state index contributed by atoms with van der Waals surface area (Å²) in [6.45, 7) is 0. The molecule has 0 radical (unpaired) electrons.